The molecular weight excluding hydrogens is 341 g/mol. The molecule has 0 spiro atoms. The van der Waals surface area contributed by atoms with Gasteiger partial charge in [-0.25, -0.2) is 0 Å². The van der Waals surface area contributed by atoms with Crippen molar-refractivity contribution >= 4 is 70.2 Å². The molecule has 1 atom stereocenters. The summed E-state index contributed by atoms with van der Waals surface area (Å²) in [5, 5.41) is 3.76. The van der Waals surface area contributed by atoms with E-state index in [-0.39, 0.29) is 0 Å². The van der Waals surface area contributed by atoms with Gasteiger partial charge >= 0.3 is 0 Å². The van der Waals surface area contributed by atoms with Crippen molar-refractivity contribution in [1.29, 1.82) is 0 Å². The molecule has 2 nitrogen and oxygen atoms in total. The van der Waals surface area contributed by atoms with E-state index < -0.39 is 9.87 Å². The minimum Gasteiger partial charge on any atom is -0.343 e. The van der Waals surface area contributed by atoms with Crippen LogP contribution in [0.15, 0.2) is 24.3 Å². The Balaban J connectivity index is 3.04. The molecule has 0 fully saturated rings. The fourth-order valence-corrected chi connectivity index (χ4v) is 4.55. The lowest BCUT2D eigenvalue weighted by atomic mass is 10.3. The number of rotatable bonds is 3. The summed E-state index contributed by atoms with van der Waals surface area (Å²) in [4.78, 5) is 0. The van der Waals surface area contributed by atoms with Crippen LogP contribution in [-0.4, -0.2) is 22.3 Å². The Kier molecular flexibility index (Phi) is 5.44. The molecule has 0 unspecified atom stereocenters. The maximum absolute atomic E-state index is 5.96. The molecular formula is C9H11Cl4N2PS. The number of anilines is 1. The normalized spacial score (nSPS) is 15.7. The summed E-state index contributed by atoms with van der Waals surface area (Å²) in [6.45, 7) is 0. The van der Waals surface area contributed by atoms with Crippen LogP contribution in [0.1, 0.15) is 0 Å². The van der Waals surface area contributed by atoms with Gasteiger partial charge in [0.15, 0.2) is 0 Å². The molecule has 0 heterocycles. The van der Waals surface area contributed by atoms with E-state index in [1.54, 1.807) is 43.0 Å². The highest BCUT2D eigenvalue weighted by atomic mass is 35.6. The number of alkyl halides is 3. The first-order valence-corrected chi connectivity index (χ1v) is 8.82. The van der Waals surface area contributed by atoms with E-state index in [2.05, 4.69) is 5.09 Å². The molecule has 96 valence electrons. The molecule has 1 aromatic rings. The number of nitrogens with zero attached hydrogens (tertiary/aromatic N) is 1. The zero-order valence-corrected chi connectivity index (χ0v) is 13.9. The smallest absolute Gasteiger partial charge is 0.248 e. The fraction of sp³-hybridized carbons (Fsp3) is 0.333. The van der Waals surface area contributed by atoms with E-state index in [0.29, 0.717) is 5.02 Å². The van der Waals surface area contributed by atoms with Gasteiger partial charge in [-0.1, -0.05) is 58.2 Å². The molecule has 0 amide bonds. The molecule has 0 aliphatic rings. The first kappa shape index (κ1) is 15.8. The lowest BCUT2D eigenvalue weighted by Crippen LogP contribution is -2.24. The Morgan fingerprint density at radius 1 is 1.18 bits per heavy atom. The molecule has 0 saturated carbocycles. The van der Waals surface area contributed by atoms with Gasteiger partial charge in [0.2, 0.25) is 3.53 Å². The lowest BCUT2D eigenvalue weighted by molar-refractivity contribution is 0.676. The van der Waals surface area contributed by atoms with E-state index in [1.807, 2.05) is 0 Å². The van der Waals surface area contributed by atoms with Gasteiger partial charge in [0.1, 0.15) is 6.34 Å². The summed E-state index contributed by atoms with van der Waals surface area (Å²) in [7, 11) is 3.57. The van der Waals surface area contributed by atoms with E-state index in [0.717, 1.165) is 5.69 Å². The molecule has 1 aromatic carbocycles. The minimum absolute atomic E-state index is 0.641. The van der Waals surface area contributed by atoms with Gasteiger partial charge in [-0.05, 0) is 38.4 Å². The number of hydrogen-bond acceptors (Lipinski definition) is 1. The average Bonchev–Trinajstić information content (AvgIpc) is 2.19. The van der Waals surface area contributed by atoms with Crippen LogP contribution in [-0.2, 0) is 11.8 Å². The molecule has 0 bridgehead atoms. The fourth-order valence-electron chi connectivity index (χ4n) is 1.09. The van der Waals surface area contributed by atoms with Crippen LogP contribution in [0.4, 0.5) is 5.69 Å². The van der Waals surface area contributed by atoms with Crippen LogP contribution < -0.4 is 5.09 Å². The molecule has 0 aromatic heterocycles. The third kappa shape index (κ3) is 3.87. The zero-order chi connectivity index (χ0) is 13.3. The van der Waals surface area contributed by atoms with Crippen LogP contribution in [0.2, 0.25) is 5.02 Å². The molecule has 0 aliphatic heterocycles. The van der Waals surface area contributed by atoms with Gasteiger partial charge in [-0.15, -0.1) is 0 Å². The van der Waals surface area contributed by atoms with E-state index >= 15 is 0 Å². The maximum Gasteiger partial charge on any atom is 0.248 e. The number of hydrogen-bond donors (Lipinski definition) is 1. The highest BCUT2D eigenvalue weighted by Crippen LogP contribution is 2.65. The number of benzene rings is 1. The second kappa shape index (κ2) is 5.83. The first-order chi connectivity index (χ1) is 7.67. The van der Waals surface area contributed by atoms with Gasteiger partial charge in [0.05, 0.1) is 0 Å². The summed E-state index contributed by atoms with van der Waals surface area (Å²) in [5.41, 5.74) is 0.776. The second-order valence-electron chi connectivity index (χ2n) is 3.51. The molecule has 17 heavy (non-hydrogen) atoms. The standard InChI is InChI=1S/C9H11Cl4N2PS/c1-15(2)16(17,9(11,12)13)14-8-5-3-7(10)4-6-8/h3-6H,1-2H3,(H,14,17)/t16-/m0/s1. The Hall–Kier alpha value is 0.790. The van der Waals surface area contributed by atoms with Crippen LogP contribution in [0.25, 0.3) is 0 Å². The Bertz CT molecular complexity index is 430. The van der Waals surface area contributed by atoms with Crippen molar-refractivity contribution in [2.24, 2.45) is 0 Å². The quantitative estimate of drug-likeness (QED) is 0.612. The average molecular weight is 352 g/mol. The number of nitrogens with one attached hydrogen (secondary N) is 1. The van der Waals surface area contributed by atoms with Gasteiger partial charge in [0, 0.05) is 10.7 Å². The summed E-state index contributed by atoms with van der Waals surface area (Å²) < 4.78 is 0.190. The van der Waals surface area contributed by atoms with Gasteiger partial charge < -0.3 is 5.09 Å². The highest BCUT2D eigenvalue weighted by molar-refractivity contribution is 8.16. The second-order valence-corrected chi connectivity index (χ2v) is 11.4. The predicted molar refractivity (Wildman–Crippen MR) is 83.3 cm³/mol. The summed E-state index contributed by atoms with van der Waals surface area (Å²) in [5.74, 6) is 0. The van der Waals surface area contributed by atoms with Crippen molar-refractivity contribution in [3.8, 4) is 0 Å². The topological polar surface area (TPSA) is 15.3 Å². The third-order valence-electron chi connectivity index (χ3n) is 2.03. The SMILES string of the molecule is CN(C)[P@@](=S)(Nc1ccc(Cl)cc1)C(Cl)(Cl)Cl. The zero-order valence-electron chi connectivity index (χ0n) is 9.12. The summed E-state index contributed by atoms with van der Waals surface area (Å²) >= 11 is 29.2. The highest BCUT2D eigenvalue weighted by Gasteiger charge is 2.41. The number of halogens is 4. The van der Waals surface area contributed by atoms with Crippen molar-refractivity contribution in [2.45, 2.75) is 3.53 Å². The summed E-state index contributed by atoms with van der Waals surface area (Å²) in [6.07, 6.45) is -2.54. The Morgan fingerprint density at radius 3 is 2.00 bits per heavy atom. The van der Waals surface area contributed by atoms with E-state index in [9.17, 15) is 0 Å². The van der Waals surface area contributed by atoms with Crippen molar-refractivity contribution in [1.82, 2.24) is 4.67 Å². The van der Waals surface area contributed by atoms with E-state index in [4.69, 9.17) is 58.2 Å². The predicted octanol–water partition coefficient (Wildman–Crippen LogP) is 4.95. The molecule has 0 radical (unpaired) electrons. The van der Waals surface area contributed by atoms with E-state index in [1.165, 1.54) is 0 Å². The Morgan fingerprint density at radius 2 is 1.65 bits per heavy atom. The van der Waals surface area contributed by atoms with Crippen molar-refractivity contribution in [3.63, 3.8) is 0 Å². The molecule has 0 saturated heterocycles. The van der Waals surface area contributed by atoms with Crippen LogP contribution >= 0.6 is 52.7 Å². The van der Waals surface area contributed by atoms with Crippen LogP contribution in [0.5, 0.6) is 0 Å². The van der Waals surface area contributed by atoms with Crippen LogP contribution in [0, 0.1) is 0 Å². The minimum atomic E-state index is -2.54. The Labute approximate surface area is 126 Å². The lowest BCUT2D eigenvalue weighted by Gasteiger charge is -2.35. The van der Waals surface area contributed by atoms with Gasteiger partial charge in [0.25, 0.3) is 0 Å². The van der Waals surface area contributed by atoms with Crippen molar-refractivity contribution in [2.75, 3.05) is 19.2 Å². The largest absolute Gasteiger partial charge is 0.343 e. The first-order valence-electron chi connectivity index (χ1n) is 4.55. The van der Waals surface area contributed by atoms with Gasteiger partial charge in [-0.3, -0.25) is 4.67 Å². The molecule has 8 heteroatoms. The van der Waals surface area contributed by atoms with Crippen molar-refractivity contribution < 1.29 is 0 Å². The third-order valence-corrected chi connectivity index (χ3v) is 9.84. The molecule has 0 aliphatic carbocycles. The monoisotopic (exact) mass is 350 g/mol. The van der Waals surface area contributed by atoms with Crippen LogP contribution in [0.3, 0.4) is 0 Å². The van der Waals surface area contributed by atoms with Gasteiger partial charge in [-0.2, -0.15) is 0 Å². The molecule has 1 rings (SSSR count). The molecule has 1 N–H and O–H groups in total. The summed E-state index contributed by atoms with van der Waals surface area (Å²) in [6, 6.07) is 7.09. The van der Waals surface area contributed by atoms with Crippen molar-refractivity contribution in [3.05, 3.63) is 29.3 Å². The maximum atomic E-state index is 5.96.